The van der Waals surface area contributed by atoms with E-state index in [2.05, 4.69) is 29.5 Å². The van der Waals surface area contributed by atoms with E-state index in [0.29, 0.717) is 6.61 Å². The molecule has 102 valence electrons. The van der Waals surface area contributed by atoms with Crippen LogP contribution in [0.2, 0.25) is 0 Å². The lowest BCUT2D eigenvalue weighted by Crippen LogP contribution is -2.17. The van der Waals surface area contributed by atoms with E-state index in [9.17, 15) is 0 Å². The van der Waals surface area contributed by atoms with Gasteiger partial charge in [-0.1, -0.05) is 30.3 Å². The molecule has 4 nitrogen and oxygen atoms in total. The molecule has 0 saturated heterocycles. The van der Waals surface area contributed by atoms with Gasteiger partial charge in [-0.15, -0.1) is 0 Å². The molecule has 0 aliphatic heterocycles. The van der Waals surface area contributed by atoms with E-state index in [1.807, 2.05) is 36.9 Å². The number of hydrogen-bond donors (Lipinski definition) is 1. The van der Waals surface area contributed by atoms with Crippen LogP contribution in [-0.4, -0.2) is 23.5 Å². The Morgan fingerprint density at radius 3 is 2.47 bits per heavy atom. The predicted molar refractivity (Wildman–Crippen MR) is 77.4 cm³/mol. The maximum Gasteiger partial charge on any atom is 0.0828 e. The SMILES string of the molecule is COCC(Nc1c(C)nn(C)c1C)c1ccccc1. The monoisotopic (exact) mass is 259 g/mol. The van der Waals surface area contributed by atoms with E-state index >= 15 is 0 Å². The van der Waals surface area contributed by atoms with Gasteiger partial charge < -0.3 is 10.1 Å². The Morgan fingerprint density at radius 1 is 1.26 bits per heavy atom. The van der Waals surface area contributed by atoms with Gasteiger partial charge in [0.25, 0.3) is 0 Å². The van der Waals surface area contributed by atoms with E-state index in [1.165, 1.54) is 5.56 Å². The standard InChI is InChI=1S/C15H21N3O/c1-11-15(12(2)18(3)17-11)16-14(10-19-4)13-8-6-5-7-9-13/h5-9,14,16H,10H2,1-4H3. The van der Waals surface area contributed by atoms with Crippen LogP contribution in [-0.2, 0) is 11.8 Å². The van der Waals surface area contributed by atoms with Crippen molar-refractivity contribution in [2.24, 2.45) is 7.05 Å². The minimum Gasteiger partial charge on any atom is -0.382 e. The van der Waals surface area contributed by atoms with Gasteiger partial charge in [-0.3, -0.25) is 4.68 Å². The van der Waals surface area contributed by atoms with Crippen LogP contribution in [0.3, 0.4) is 0 Å². The van der Waals surface area contributed by atoms with E-state index in [4.69, 9.17) is 4.74 Å². The van der Waals surface area contributed by atoms with Crippen molar-refractivity contribution in [3.05, 3.63) is 47.3 Å². The lowest BCUT2D eigenvalue weighted by atomic mass is 10.1. The zero-order valence-electron chi connectivity index (χ0n) is 12.0. The van der Waals surface area contributed by atoms with Crippen LogP contribution >= 0.6 is 0 Å². The molecule has 0 saturated carbocycles. The third-order valence-corrected chi connectivity index (χ3v) is 3.36. The van der Waals surface area contributed by atoms with Crippen molar-refractivity contribution in [2.45, 2.75) is 19.9 Å². The van der Waals surface area contributed by atoms with Gasteiger partial charge in [0.15, 0.2) is 0 Å². The predicted octanol–water partition coefficient (Wildman–Crippen LogP) is 2.84. The number of hydrogen-bond acceptors (Lipinski definition) is 3. The second-order valence-corrected chi connectivity index (χ2v) is 4.73. The zero-order valence-corrected chi connectivity index (χ0v) is 12.0. The third-order valence-electron chi connectivity index (χ3n) is 3.36. The molecule has 0 aliphatic carbocycles. The first-order valence-electron chi connectivity index (χ1n) is 6.44. The van der Waals surface area contributed by atoms with E-state index in [0.717, 1.165) is 17.1 Å². The fourth-order valence-corrected chi connectivity index (χ4v) is 2.23. The molecule has 1 aromatic carbocycles. The second kappa shape index (κ2) is 5.89. The van der Waals surface area contributed by atoms with Crippen LogP contribution in [0.5, 0.6) is 0 Å². The van der Waals surface area contributed by atoms with E-state index < -0.39 is 0 Å². The van der Waals surface area contributed by atoms with Gasteiger partial charge >= 0.3 is 0 Å². The Hall–Kier alpha value is -1.81. The normalized spacial score (nSPS) is 12.4. The first-order chi connectivity index (χ1) is 9.13. The number of nitrogens with one attached hydrogen (secondary N) is 1. The van der Waals surface area contributed by atoms with Gasteiger partial charge in [-0.05, 0) is 19.4 Å². The molecule has 0 radical (unpaired) electrons. The summed E-state index contributed by atoms with van der Waals surface area (Å²) in [5.74, 6) is 0. The van der Waals surface area contributed by atoms with Gasteiger partial charge in [-0.2, -0.15) is 5.10 Å². The molecular weight excluding hydrogens is 238 g/mol. The molecule has 0 spiro atoms. The van der Waals surface area contributed by atoms with Crippen molar-refractivity contribution in [1.29, 1.82) is 0 Å². The molecule has 0 fully saturated rings. The Morgan fingerprint density at radius 2 is 1.95 bits per heavy atom. The minimum absolute atomic E-state index is 0.132. The fraction of sp³-hybridized carbons (Fsp3) is 0.400. The largest absolute Gasteiger partial charge is 0.382 e. The van der Waals surface area contributed by atoms with Gasteiger partial charge in [-0.25, -0.2) is 0 Å². The summed E-state index contributed by atoms with van der Waals surface area (Å²) in [5, 5.41) is 7.98. The summed E-state index contributed by atoms with van der Waals surface area (Å²) < 4.78 is 7.22. The second-order valence-electron chi connectivity index (χ2n) is 4.73. The number of methoxy groups -OCH3 is 1. The maximum atomic E-state index is 5.33. The minimum atomic E-state index is 0.132. The lowest BCUT2D eigenvalue weighted by molar-refractivity contribution is 0.186. The molecule has 4 heteroatoms. The molecule has 1 atom stereocenters. The smallest absolute Gasteiger partial charge is 0.0828 e. The van der Waals surface area contributed by atoms with Crippen LogP contribution < -0.4 is 5.32 Å². The Balaban J connectivity index is 2.26. The van der Waals surface area contributed by atoms with Crippen molar-refractivity contribution >= 4 is 5.69 Å². The van der Waals surface area contributed by atoms with Gasteiger partial charge in [0.05, 0.1) is 29.7 Å². The van der Waals surface area contributed by atoms with E-state index in [1.54, 1.807) is 7.11 Å². The molecule has 1 heterocycles. The Labute approximate surface area is 114 Å². The van der Waals surface area contributed by atoms with Gasteiger partial charge in [0.2, 0.25) is 0 Å². The van der Waals surface area contributed by atoms with Crippen molar-refractivity contribution in [1.82, 2.24) is 9.78 Å². The summed E-state index contributed by atoms with van der Waals surface area (Å²) in [6.07, 6.45) is 0. The lowest BCUT2D eigenvalue weighted by Gasteiger charge is -2.20. The molecule has 0 bridgehead atoms. The number of anilines is 1. The average Bonchev–Trinajstić information content (AvgIpc) is 2.65. The molecule has 19 heavy (non-hydrogen) atoms. The summed E-state index contributed by atoms with van der Waals surface area (Å²) in [4.78, 5) is 0. The van der Waals surface area contributed by atoms with Gasteiger partial charge in [0, 0.05) is 14.2 Å². The van der Waals surface area contributed by atoms with Crippen LogP contribution in [0, 0.1) is 13.8 Å². The summed E-state index contributed by atoms with van der Waals surface area (Å²) in [7, 11) is 3.68. The van der Waals surface area contributed by atoms with Crippen molar-refractivity contribution in [3.63, 3.8) is 0 Å². The molecular formula is C15H21N3O. The Kier molecular flexibility index (Phi) is 4.22. The molecule has 2 aromatic rings. The number of benzene rings is 1. The molecule has 1 unspecified atom stereocenters. The summed E-state index contributed by atoms with van der Waals surface area (Å²) >= 11 is 0. The quantitative estimate of drug-likeness (QED) is 0.897. The zero-order chi connectivity index (χ0) is 13.8. The van der Waals surface area contributed by atoms with Crippen molar-refractivity contribution in [3.8, 4) is 0 Å². The number of aromatic nitrogens is 2. The first-order valence-corrected chi connectivity index (χ1v) is 6.44. The third kappa shape index (κ3) is 2.96. The average molecular weight is 259 g/mol. The van der Waals surface area contributed by atoms with Crippen LogP contribution in [0.25, 0.3) is 0 Å². The fourth-order valence-electron chi connectivity index (χ4n) is 2.23. The number of aryl methyl sites for hydroxylation is 2. The number of nitrogens with zero attached hydrogens (tertiary/aromatic N) is 2. The highest BCUT2D eigenvalue weighted by molar-refractivity contribution is 5.53. The number of ether oxygens (including phenoxy) is 1. The van der Waals surface area contributed by atoms with Crippen LogP contribution in [0.15, 0.2) is 30.3 Å². The summed E-state index contributed by atoms with van der Waals surface area (Å²) in [6, 6.07) is 10.5. The molecule has 1 N–H and O–H groups in total. The summed E-state index contributed by atoms with van der Waals surface area (Å²) in [5.41, 5.74) is 4.45. The van der Waals surface area contributed by atoms with E-state index in [-0.39, 0.29) is 6.04 Å². The maximum absolute atomic E-state index is 5.33. The molecule has 0 aliphatic rings. The van der Waals surface area contributed by atoms with Crippen molar-refractivity contribution < 1.29 is 4.74 Å². The summed E-state index contributed by atoms with van der Waals surface area (Å²) in [6.45, 7) is 4.71. The highest BCUT2D eigenvalue weighted by Gasteiger charge is 2.16. The molecule has 2 rings (SSSR count). The first kappa shape index (κ1) is 13.6. The van der Waals surface area contributed by atoms with Crippen LogP contribution in [0.4, 0.5) is 5.69 Å². The highest BCUT2D eigenvalue weighted by Crippen LogP contribution is 2.25. The van der Waals surface area contributed by atoms with Crippen LogP contribution in [0.1, 0.15) is 23.0 Å². The van der Waals surface area contributed by atoms with Gasteiger partial charge in [0.1, 0.15) is 0 Å². The Bertz CT molecular complexity index is 534. The molecule has 0 amide bonds. The molecule has 1 aromatic heterocycles. The van der Waals surface area contributed by atoms with Crippen molar-refractivity contribution in [2.75, 3.05) is 19.0 Å². The topological polar surface area (TPSA) is 39.1 Å². The number of rotatable bonds is 5. The highest BCUT2D eigenvalue weighted by atomic mass is 16.5.